The SMILES string of the molecule is CSCCC(NC(=O)COc1ccccc1)C(=O)N1CCc2ccccc21. The Kier molecular flexibility index (Phi) is 6.76. The smallest absolute Gasteiger partial charge is 0.258 e. The number of anilines is 1. The molecule has 0 aromatic heterocycles. The van der Waals surface area contributed by atoms with Gasteiger partial charge < -0.3 is 15.0 Å². The number of nitrogens with zero attached hydrogens (tertiary/aromatic N) is 1. The van der Waals surface area contributed by atoms with Crippen molar-refractivity contribution < 1.29 is 14.3 Å². The molecule has 1 heterocycles. The molecule has 2 aromatic carbocycles. The molecule has 0 saturated carbocycles. The quantitative estimate of drug-likeness (QED) is 0.760. The number of benzene rings is 2. The predicted octanol–water partition coefficient (Wildman–Crippen LogP) is 2.89. The van der Waals surface area contributed by atoms with Crippen molar-refractivity contribution in [2.45, 2.75) is 18.9 Å². The van der Waals surface area contributed by atoms with E-state index in [9.17, 15) is 9.59 Å². The third kappa shape index (κ3) is 5.04. The molecule has 6 heteroatoms. The topological polar surface area (TPSA) is 58.6 Å². The van der Waals surface area contributed by atoms with E-state index in [0.717, 1.165) is 17.9 Å². The van der Waals surface area contributed by atoms with Crippen LogP contribution in [0.4, 0.5) is 5.69 Å². The van der Waals surface area contributed by atoms with E-state index in [-0.39, 0.29) is 18.4 Å². The molecule has 0 aliphatic carbocycles. The Morgan fingerprint density at radius 3 is 2.67 bits per heavy atom. The van der Waals surface area contributed by atoms with Gasteiger partial charge in [-0.15, -0.1) is 0 Å². The second-order valence-corrected chi connectivity index (χ2v) is 7.36. The molecule has 0 spiro atoms. The average Bonchev–Trinajstić information content (AvgIpc) is 3.14. The highest BCUT2D eigenvalue weighted by atomic mass is 32.2. The van der Waals surface area contributed by atoms with E-state index < -0.39 is 6.04 Å². The molecule has 1 atom stereocenters. The first-order valence-corrected chi connectivity index (χ1v) is 10.4. The largest absolute Gasteiger partial charge is 0.484 e. The van der Waals surface area contributed by atoms with Crippen molar-refractivity contribution in [3.05, 3.63) is 60.2 Å². The van der Waals surface area contributed by atoms with Gasteiger partial charge in [0.2, 0.25) is 5.91 Å². The molecule has 0 radical (unpaired) electrons. The first kappa shape index (κ1) is 19.3. The van der Waals surface area contributed by atoms with E-state index in [1.54, 1.807) is 28.8 Å². The van der Waals surface area contributed by atoms with Crippen LogP contribution in [0.3, 0.4) is 0 Å². The monoisotopic (exact) mass is 384 g/mol. The van der Waals surface area contributed by atoms with E-state index in [1.165, 1.54) is 5.56 Å². The molecule has 0 fully saturated rings. The van der Waals surface area contributed by atoms with Crippen LogP contribution < -0.4 is 15.0 Å². The fourth-order valence-electron chi connectivity index (χ4n) is 3.15. The Hall–Kier alpha value is -2.47. The van der Waals surface area contributed by atoms with Gasteiger partial charge in [0, 0.05) is 12.2 Å². The number of fused-ring (bicyclic) bond motifs is 1. The standard InChI is InChI=1S/C21H24N2O3S/c1-27-14-12-18(22-20(24)15-26-17-8-3-2-4-9-17)21(25)23-13-11-16-7-5-6-10-19(16)23/h2-10,18H,11-15H2,1H3,(H,22,24). The van der Waals surface area contributed by atoms with Crippen LogP contribution in [0.5, 0.6) is 5.75 Å². The molecule has 3 rings (SSSR count). The zero-order valence-corrected chi connectivity index (χ0v) is 16.2. The predicted molar refractivity (Wildman–Crippen MR) is 109 cm³/mol. The van der Waals surface area contributed by atoms with E-state index in [0.29, 0.717) is 18.7 Å². The normalized spacial score (nSPS) is 13.7. The molecule has 2 amide bonds. The Morgan fingerprint density at radius 2 is 1.89 bits per heavy atom. The highest BCUT2D eigenvalue weighted by Gasteiger charge is 2.30. The van der Waals surface area contributed by atoms with Crippen LogP contribution in [-0.2, 0) is 16.0 Å². The third-order valence-electron chi connectivity index (χ3n) is 4.51. The highest BCUT2D eigenvalue weighted by Crippen LogP contribution is 2.28. The van der Waals surface area contributed by atoms with Gasteiger partial charge in [-0.2, -0.15) is 11.8 Å². The molecule has 0 saturated heterocycles. The fraction of sp³-hybridized carbons (Fsp3) is 0.333. The van der Waals surface area contributed by atoms with Crippen molar-refractivity contribution in [2.75, 3.05) is 30.1 Å². The first-order valence-electron chi connectivity index (χ1n) is 9.04. The highest BCUT2D eigenvalue weighted by molar-refractivity contribution is 7.98. The minimum Gasteiger partial charge on any atom is -0.484 e. The number of hydrogen-bond acceptors (Lipinski definition) is 4. The average molecular weight is 385 g/mol. The van der Waals surface area contributed by atoms with Crippen LogP contribution in [0.2, 0.25) is 0 Å². The molecule has 1 aliphatic rings. The molecule has 2 aromatic rings. The molecule has 5 nitrogen and oxygen atoms in total. The molecular weight excluding hydrogens is 360 g/mol. The maximum Gasteiger partial charge on any atom is 0.258 e. The Morgan fingerprint density at radius 1 is 1.15 bits per heavy atom. The zero-order valence-electron chi connectivity index (χ0n) is 15.4. The molecular formula is C21H24N2O3S. The lowest BCUT2D eigenvalue weighted by atomic mass is 10.1. The van der Waals surface area contributed by atoms with Gasteiger partial charge in [-0.05, 0) is 48.6 Å². The molecule has 27 heavy (non-hydrogen) atoms. The maximum atomic E-state index is 13.1. The van der Waals surface area contributed by atoms with Crippen molar-refractivity contribution >= 4 is 29.3 Å². The van der Waals surface area contributed by atoms with Crippen molar-refractivity contribution in [1.82, 2.24) is 5.32 Å². The number of para-hydroxylation sites is 2. The van der Waals surface area contributed by atoms with Crippen LogP contribution in [0.25, 0.3) is 0 Å². The van der Waals surface area contributed by atoms with Crippen LogP contribution in [0.15, 0.2) is 54.6 Å². The van der Waals surface area contributed by atoms with Crippen LogP contribution in [-0.4, -0.2) is 43.0 Å². The van der Waals surface area contributed by atoms with Crippen molar-refractivity contribution in [3.63, 3.8) is 0 Å². The summed E-state index contributed by atoms with van der Waals surface area (Å²) in [6, 6.07) is 16.6. The van der Waals surface area contributed by atoms with Gasteiger partial charge in [0.05, 0.1) is 0 Å². The number of rotatable bonds is 8. The Labute approximate surface area is 164 Å². The number of carbonyl (C=O) groups is 2. The van der Waals surface area contributed by atoms with Gasteiger partial charge in [0.1, 0.15) is 11.8 Å². The summed E-state index contributed by atoms with van der Waals surface area (Å²) in [4.78, 5) is 27.2. The zero-order chi connectivity index (χ0) is 19.1. The van der Waals surface area contributed by atoms with E-state index in [1.807, 2.05) is 48.7 Å². The molecule has 1 N–H and O–H groups in total. The first-order chi connectivity index (χ1) is 13.2. The van der Waals surface area contributed by atoms with Gasteiger partial charge in [0.25, 0.3) is 5.91 Å². The summed E-state index contributed by atoms with van der Waals surface area (Å²) in [7, 11) is 0. The summed E-state index contributed by atoms with van der Waals surface area (Å²) in [6.07, 6.45) is 3.44. The van der Waals surface area contributed by atoms with Crippen LogP contribution >= 0.6 is 11.8 Å². The maximum absolute atomic E-state index is 13.1. The van der Waals surface area contributed by atoms with Gasteiger partial charge in [-0.1, -0.05) is 36.4 Å². The molecule has 0 bridgehead atoms. The van der Waals surface area contributed by atoms with Crippen molar-refractivity contribution in [1.29, 1.82) is 0 Å². The lowest BCUT2D eigenvalue weighted by Gasteiger charge is -2.25. The Balaban J connectivity index is 1.63. The van der Waals surface area contributed by atoms with E-state index in [4.69, 9.17) is 4.74 Å². The summed E-state index contributed by atoms with van der Waals surface area (Å²) in [5.41, 5.74) is 2.12. The Bertz CT molecular complexity index is 782. The second-order valence-electron chi connectivity index (χ2n) is 6.37. The van der Waals surface area contributed by atoms with Gasteiger partial charge >= 0.3 is 0 Å². The van der Waals surface area contributed by atoms with Crippen LogP contribution in [0.1, 0.15) is 12.0 Å². The van der Waals surface area contributed by atoms with Gasteiger partial charge in [-0.3, -0.25) is 9.59 Å². The number of thioether (sulfide) groups is 1. The van der Waals surface area contributed by atoms with Crippen molar-refractivity contribution in [2.24, 2.45) is 0 Å². The van der Waals surface area contributed by atoms with Crippen molar-refractivity contribution in [3.8, 4) is 5.75 Å². The molecule has 1 aliphatic heterocycles. The lowest BCUT2D eigenvalue weighted by Crippen LogP contribution is -2.49. The van der Waals surface area contributed by atoms with Crippen LogP contribution in [0, 0.1) is 0 Å². The van der Waals surface area contributed by atoms with Gasteiger partial charge in [0.15, 0.2) is 6.61 Å². The van der Waals surface area contributed by atoms with E-state index >= 15 is 0 Å². The number of nitrogens with one attached hydrogen (secondary N) is 1. The molecule has 142 valence electrons. The fourth-order valence-corrected chi connectivity index (χ4v) is 3.62. The summed E-state index contributed by atoms with van der Waals surface area (Å²) in [5.74, 6) is 1.09. The number of ether oxygens (including phenoxy) is 1. The minimum absolute atomic E-state index is 0.0536. The summed E-state index contributed by atoms with van der Waals surface area (Å²) < 4.78 is 5.49. The summed E-state index contributed by atoms with van der Waals surface area (Å²) in [6.45, 7) is 0.550. The second kappa shape index (κ2) is 9.46. The lowest BCUT2D eigenvalue weighted by molar-refractivity contribution is -0.128. The van der Waals surface area contributed by atoms with Gasteiger partial charge in [-0.25, -0.2) is 0 Å². The number of hydrogen-bond donors (Lipinski definition) is 1. The molecule has 1 unspecified atom stereocenters. The van der Waals surface area contributed by atoms with E-state index in [2.05, 4.69) is 5.32 Å². The number of carbonyl (C=O) groups excluding carboxylic acids is 2. The minimum atomic E-state index is -0.546. The number of amides is 2. The summed E-state index contributed by atoms with van der Waals surface area (Å²) >= 11 is 1.66. The summed E-state index contributed by atoms with van der Waals surface area (Å²) in [5, 5.41) is 2.86. The third-order valence-corrected chi connectivity index (χ3v) is 5.15.